The minimum Gasteiger partial charge on any atom is -0.278 e. The smallest absolute Gasteiger partial charge is 0.0771 e. The first-order valence-corrected chi connectivity index (χ1v) is 4.87. The van der Waals surface area contributed by atoms with Crippen molar-refractivity contribution in [3.63, 3.8) is 0 Å². The second-order valence-electron chi connectivity index (χ2n) is 2.63. The monoisotopic (exact) mass is 228 g/mol. The normalized spacial score (nSPS) is 12.8. The molecule has 1 aromatic carbocycles. The van der Waals surface area contributed by atoms with E-state index >= 15 is 0 Å². The largest absolute Gasteiger partial charge is 0.278 e. The number of rotatable bonds is 3. The SMILES string of the molecule is CC(=NNc1ccccc1)C(Cl)=CCl. The Bertz CT molecular complexity index is 344. The first-order valence-electron chi connectivity index (χ1n) is 4.05. The number of hydrazone groups is 1. The molecule has 0 bridgehead atoms. The highest BCUT2D eigenvalue weighted by Crippen LogP contribution is 2.08. The fourth-order valence-electron chi connectivity index (χ4n) is 0.793. The Hall–Kier alpha value is -0.990. The van der Waals surface area contributed by atoms with Gasteiger partial charge < -0.3 is 0 Å². The summed E-state index contributed by atoms with van der Waals surface area (Å²) in [5.41, 5.74) is 5.70. The topological polar surface area (TPSA) is 24.4 Å². The molecule has 4 heteroatoms. The summed E-state index contributed by atoms with van der Waals surface area (Å²) in [5.74, 6) is 0. The molecule has 1 aromatic rings. The fraction of sp³-hybridized carbons (Fsp3) is 0.100. The van der Waals surface area contributed by atoms with Crippen LogP contribution in [0.1, 0.15) is 6.92 Å². The van der Waals surface area contributed by atoms with E-state index in [1.165, 1.54) is 5.54 Å². The third kappa shape index (κ3) is 3.40. The van der Waals surface area contributed by atoms with E-state index in [4.69, 9.17) is 23.2 Å². The lowest BCUT2D eigenvalue weighted by Crippen LogP contribution is -1.96. The van der Waals surface area contributed by atoms with Crippen LogP contribution in [0.4, 0.5) is 5.69 Å². The number of nitrogens with zero attached hydrogens (tertiary/aromatic N) is 1. The van der Waals surface area contributed by atoms with E-state index < -0.39 is 0 Å². The van der Waals surface area contributed by atoms with E-state index in [-0.39, 0.29) is 0 Å². The van der Waals surface area contributed by atoms with Crippen LogP contribution in [0.3, 0.4) is 0 Å². The predicted octanol–water partition coefficient (Wildman–Crippen LogP) is 3.79. The van der Waals surface area contributed by atoms with Gasteiger partial charge in [-0.05, 0) is 19.1 Å². The molecule has 2 nitrogen and oxygen atoms in total. The van der Waals surface area contributed by atoms with Gasteiger partial charge in [0.15, 0.2) is 0 Å². The van der Waals surface area contributed by atoms with Crippen LogP contribution in [0.5, 0.6) is 0 Å². The van der Waals surface area contributed by atoms with Crippen LogP contribution < -0.4 is 5.43 Å². The Kier molecular flexibility index (Phi) is 4.50. The van der Waals surface area contributed by atoms with E-state index in [0.29, 0.717) is 10.7 Å². The zero-order valence-electron chi connectivity index (χ0n) is 7.67. The summed E-state index contributed by atoms with van der Waals surface area (Å²) in [6.45, 7) is 1.77. The Balaban J connectivity index is 2.64. The van der Waals surface area contributed by atoms with E-state index in [2.05, 4.69) is 10.5 Å². The second-order valence-corrected chi connectivity index (χ2v) is 3.26. The van der Waals surface area contributed by atoms with E-state index in [1.807, 2.05) is 30.3 Å². The van der Waals surface area contributed by atoms with Gasteiger partial charge in [0.2, 0.25) is 0 Å². The third-order valence-electron chi connectivity index (χ3n) is 1.57. The molecule has 1 rings (SSSR count). The number of para-hydroxylation sites is 1. The standard InChI is InChI=1S/C10H10Cl2N2/c1-8(10(12)7-11)13-14-9-5-3-2-4-6-9/h2-7,14H,1H3. The molecule has 0 unspecified atom stereocenters. The number of benzene rings is 1. The van der Waals surface area contributed by atoms with E-state index in [0.717, 1.165) is 5.69 Å². The Morgan fingerprint density at radius 1 is 1.36 bits per heavy atom. The molecule has 0 spiro atoms. The lowest BCUT2D eigenvalue weighted by Gasteiger charge is -2.01. The molecule has 0 heterocycles. The van der Waals surface area contributed by atoms with Gasteiger partial charge >= 0.3 is 0 Å². The number of allylic oxidation sites excluding steroid dienone is 1. The van der Waals surface area contributed by atoms with Crippen molar-refractivity contribution in [2.75, 3.05) is 5.43 Å². The van der Waals surface area contributed by atoms with Crippen LogP contribution in [-0.2, 0) is 0 Å². The van der Waals surface area contributed by atoms with Gasteiger partial charge in [0.1, 0.15) is 0 Å². The Labute approximate surface area is 93.2 Å². The van der Waals surface area contributed by atoms with Crippen LogP contribution in [0.25, 0.3) is 0 Å². The van der Waals surface area contributed by atoms with Crippen LogP contribution in [0.15, 0.2) is 46.0 Å². The summed E-state index contributed by atoms with van der Waals surface area (Å²) in [6, 6.07) is 9.61. The molecule has 1 N–H and O–H groups in total. The molecule has 14 heavy (non-hydrogen) atoms. The zero-order chi connectivity index (χ0) is 10.4. The molecule has 0 fully saturated rings. The highest BCUT2D eigenvalue weighted by atomic mass is 35.5. The molecule has 0 saturated carbocycles. The van der Waals surface area contributed by atoms with Crippen LogP contribution in [0.2, 0.25) is 0 Å². The van der Waals surface area contributed by atoms with E-state index in [9.17, 15) is 0 Å². The van der Waals surface area contributed by atoms with Crippen molar-refractivity contribution in [2.45, 2.75) is 6.92 Å². The number of halogens is 2. The summed E-state index contributed by atoms with van der Waals surface area (Å²) in [7, 11) is 0. The van der Waals surface area contributed by atoms with Crippen molar-refractivity contribution in [3.8, 4) is 0 Å². The van der Waals surface area contributed by atoms with Gasteiger partial charge in [-0.3, -0.25) is 5.43 Å². The van der Waals surface area contributed by atoms with Gasteiger partial charge in [0.05, 0.1) is 16.4 Å². The molecule has 0 radical (unpaired) electrons. The number of anilines is 1. The molecule has 74 valence electrons. The van der Waals surface area contributed by atoms with Gasteiger partial charge in [-0.2, -0.15) is 5.10 Å². The maximum absolute atomic E-state index is 5.74. The minimum atomic E-state index is 0.426. The molecule has 0 atom stereocenters. The molecular weight excluding hydrogens is 219 g/mol. The Morgan fingerprint density at radius 2 is 2.00 bits per heavy atom. The van der Waals surface area contributed by atoms with Crippen molar-refractivity contribution in [1.29, 1.82) is 0 Å². The minimum absolute atomic E-state index is 0.426. The zero-order valence-corrected chi connectivity index (χ0v) is 9.18. The number of nitrogens with one attached hydrogen (secondary N) is 1. The molecular formula is C10H10Cl2N2. The lowest BCUT2D eigenvalue weighted by atomic mass is 10.3. The van der Waals surface area contributed by atoms with Gasteiger partial charge in [0.25, 0.3) is 0 Å². The summed E-state index contributed by atoms with van der Waals surface area (Å²) >= 11 is 11.2. The molecule has 0 aliphatic heterocycles. The van der Waals surface area contributed by atoms with Gasteiger partial charge in [0, 0.05) is 5.54 Å². The molecule has 0 amide bonds. The number of hydrogen-bond acceptors (Lipinski definition) is 2. The van der Waals surface area contributed by atoms with Crippen molar-refractivity contribution in [3.05, 3.63) is 40.9 Å². The summed E-state index contributed by atoms with van der Waals surface area (Å²) in [5, 5.41) is 4.47. The maximum Gasteiger partial charge on any atom is 0.0771 e. The highest BCUT2D eigenvalue weighted by molar-refractivity contribution is 6.47. The van der Waals surface area contributed by atoms with Gasteiger partial charge in [-0.15, -0.1) is 0 Å². The molecule has 0 aliphatic rings. The van der Waals surface area contributed by atoms with Crippen LogP contribution in [-0.4, -0.2) is 5.71 Å². The van der Waals surface area contributed by atoms with Crippen molar-refractivity contribution >= 4 is 34.6 Å². The van der Waals surface area contributed by atoms with E-state index in [1.54, 1.807) is 6.92 Å². The second kappa shape index (κ2) is 5.68. The van der Waals surface area contributed by atoms with Crippen LogP contribution in [0, 0.1) is 0 Å². The summed E-state index contributed by atoms with van der Waals surface area (Å²) in [6.07, 6.45) is 0. The van der Waals surface area contributed by atoms with Crippen molar-refractivity contribution in [2.24, 2.45) is 5.10 Å². The van der Waals surface area contributed by atoms with Gasteiger partial charge in [-0.1, -0.05) is 41.4 Å². The summed E-state index contributed by atoms with van der Waals surface area (Å²) < 4.78 is 0. The third-order valence-corrected chi connectivity index (χ3v) is 2.28. The van der Waals surface area contributed by atoms with Crippen LogP contribution >= 0.6 is 23.2 Å². The summed E-state index contributed by atoms with van der Waals surface area (Å²) in [4.78, 5) is 0. The molecule has 0 aromatic heterocycles. The Morgan fingerprint density at radius 3 is 2.57 bits per heavy atom. The fourth-order valence-corrected chi connectivity index (χ4v) is 0.994. The highest BCUT2D eigenvalue weighted by Gasteiger charge is 1.95. The predicted molar refractivity (Wildman–Crippen MR) is 63.0 cm³/mol. The molecule has 0 saturated heterocycles. The van der Waals surface area contributed by atoms with Gasteiger partial charge in [-0.25, -0.2) is 0 Å². The molecule has 0 aliphatic carbocycles. The number of hydrogen-bond donors (Lipinski definition) is 1. The average Bonchev–Trinajstić information content (AvgIpc) is 2.26. The van der Waals surface area contributed by atoms with Crippen molar-refractivity contribution in [1.82, 2.24) is 0 Å². The first-order chi connectivity index (χ1) is 6.74. The quantitative estimate of drug-likeness (QED) is 0.618. The first kappa shape index (κ1) is 11.1. The average molecular weight is 229 g/mol. The lowest BCUT2D eigenvalue weighted by molar-refractivity contribution is 1.33. The maximum atomic E-state index is 5.74. The van der Waals surface area contributed by atoms with Crippen molar-refractivity contribution < 1.29 is 0 Å².